The molecule has 1 heterocycles. The molecule has 0 saturated carbocycles. The number of carbonyl (C=O) groups excluding carboxylic acids is 1. The van der Waals surface area contributed by atoms with Crippen molar-refractivity contribution < 1.29 is 22.7 Å². The van der Waals surface area contributed by atoms with Crippen LogP contribution in [-0.4, -0.2) is 23.7 Å². The molecule has 1 fully saturated rings. The van der Waals surface area contributed by atoms with Gasteiger partial charge < -0.3 is 4.74 Å². The van der Waals surface area contributed by atoms with E-state index in [1.807, 2.05) is 18.2 Å². The summed E-state index contributed by atoms with van der Waals surface area (Å²) < 4.78 is 41.7. The van der Waals surface area contributed by atoms with Gasteiger partial charge >= 0.3 is 12.1 Å². The summed E-state index contributed by atoms with van der Waals surface area (Å²) >= 11 is 0. The molecule has 1 aliphatic heterocycles. The van der Waals surface area contributed by atoms with Gasteiger partial charge in [-0.1, -0.05) is 24.3 Å². The van der Waals surface area contributed by atoms with Gasteiger partial charge in [0.2, 0.25) is 0 Å². The number of benzene rings is 2. The molecular formula is C16H15F3O2S. The predicted octanol–water partition coefficient (Wildman–Crippen LogP) is 4.46. The Morgan fingerprint density at radius 1 is 1.00 bits per heavy atom. The van der Waals surface area contributed by atoms with E-state index in [1.54, 1.807) is 12.1 Å². The fourth-order valence-electron chi connectivity index (χ4n) is 2.74. The Labute approximate surface area is 128 Å². The summed E-state index contributed by atoms with van der Waals surface area (Å²) in [6.07, 6.45) is -2.59. The summed E-state index contributed by atoms with van der Waals surface area (Å²) in [5.74, 6) is 0.0926. The summed E-state index contributed by atoms with van der Waals surface area (Å²) in [6.45, 7) is 0. The van der Waals surface area contributed by atoms with Crippen molar-refractivity contribution in [2.24, 2.45) is 0 Å². The van der Waals surface area contributed by atoms with Crippen LogP contribution < -0.4 is 4.74 Å². The minimum Gasteiger partial charge on any atom is -0.419 e. The molecule has 0 aliphatic carbocycles. The Balaban J connectivity index is 2.03. The smallest absolute Gasteiger partial charge is 0.419 e. The number of alkyl halides is 3. The normalized spacial score (nSPS) is 17.0. The summed E-state index contributed by atoms with van der Waals surface area (Å²) in [6, 6.07) is 10.5. The standard InChI is InChI=1S/C16H15F3O2S/c17-16(18,19)15(20)21-13-7-8-14(22-9-3-4-10-22)12-6-2-1-5-11(12)13/h1-2,5-8,22H,3-4,9-10H2. The minimum atomic E-state index is -4.99. The lowest BCUT2D eigenvalue weighted by molar-refractivity contribution is -0.189. The molecule has 2 nitrogen and oxygen atoms in total. The molecule has 2 aromatic rings. The number of hydrogen-bond acceptors (Lipinski definition) is 2. The highest BCUT2D eigenvalue weighted by atomic mass is 32.2. The molecule has 0 atom stereocenters. The molecule has 0 bridgehead atoms. The third kappa shape index (κ3) is 2.92. The predicted molar refractivity (Wildman–Crippen MR) is 81.9 cm³/mol. The van der Waals surface area contributed by atoms with Crippen molar-refractivity contribution in [2.45, 2.75) is 23.9 Å². The van der Waals surface area contributed by atoms with E-state index in [0.29, 0.717) is 5.39 Å². The largest absolute Gasteiger partial charge is 0.491 e. The van der Waals surface area contributed by atoms with Crippen molar-refractivity contribution in [3.8, 4) is 5.75 Å². The Morgan fingerprint density at radius 2 is 1.64 bits per heavy atom. The molecular weight excluding hydrogens is 313 g/mol. The van der Waals surface area contributed by atoms with Gasteiger partial charge in [0, 0.05) is 5.39 Å². The number of thiol groups is 1. The first-order valence-corrected chi connectivity index (χ1v) is 8.74. The number of ether oxygens (including phenoxy) is 1. The maximum Gasteiger partial charge on any atom is 0.491 e. The first-order chi connectivity index (χ1) is 10.5. The number of hydrogen-bond donors (Lipinski definition) is 1. The van der Waals surface area contributed by atoms with Crippen molar-refractivity contribution in [3.63, 3.8) is 0 Å². The van der Waals surface area contributed by atoms with Crippen LogP contribution in [0.3, 0.4) is 0 Å². The van der Waals surface area contributed by atoms with E-state index in [1.165, 1.54) is 23.8 Å². The second kappa shape index (κ2) is 5.83. The van der Waals surface area contributed by atoms with Crippen molar-refractivity contribution in [1.29, 1.82) is 0 Å². The van der Waals surface area contributed by atoms with Crippen LogP contribution in [0.15, 0.2) is 41.3 Å². The van der Waals surface area contributed by atoms with Crippen molar-refractivity contribution in [3.05, 3.63) is 36.4 Å². The Hall–Kier alpha value is -1.69. The van der Waals surface area contributed by atoms with E-state index in [2.05, 4.69) is 4.74 Å². The Morgan fingerprint density at radius 3 is 2.27 bits per heavy atom. The first kappa shape index (κ1) is 15.2. The number of carbonyl (C=O) groups is 1. The van der Waals surface area contributed by atoms with Gasteiger partial charge in [-0.15, -0.1) is 0 Å². The van der Waals surface area contributed by atoms with E-state index < -0.39 is 12.1 Å². The SMILES string of the molecule is O=C(Oc1ccc([SH]2CCCC2)c2ccccc12)C(F)(F)F. The summed E-state index contributed by atoms with van der Waals surface area (Å²) in [7, 11) is -0.258. The number of fused-ring (bicyclic) bond motifs is 1. The zero-order valence-corrected chi connectivity index (χ0v) is 12.6. The van der Waals surface area contributed by atoms with Gasteiger partial charge in [-0.2, -0.15) is 13.2 Å². The maximum atomic E-state index is 12.4. The number of halogens is 3. The van der Waals surface area contributed by atoms with Crippen molar-refractivity contribution in [2.75, 3.05) is 11.5 Å². The van der Waals surface area contributed by atoms with Crippen LogP contribution in [0.5, 0.6) is 5.75 Å². The van der Waals surface area contributed by atoms with Gasteiger partial charge in [0.05, 0.1) is 0 Å². The van der Waals surface area contributed by atoms with Gasteiger partial charge in [0.15, 0.2) is 0 Å². The fourth-order valence-corrected chi connectivity index (χ4v) is 5.47. The Kier molecular flexibility index (Phi) is 4.04. The molecule has 0 amide bonds. The second-order valence-corrected chi connectivity index (χ2v) is 7.67. The van der Waals surface area contributed by atoms with Crippen LogP contribution in [0.1, 0.15) is 12.8 Å². The zero-order chi connectivity index (χ0) is 15.7. The van der Waals surface area contributed by atoms with E-state index >= 15 is 0 Å². The van der Waals surface area contributed by atoms with Gasteiger partial charge in [0.25, 0.3) is 0 Å². The molecule has 0 aromatic heterocycles. The van der Waals surface area contributed by atoms with Crippen molar-refractivity contribution >= 4 is 27.6 Å². The molecule has 22 heavy (non-hydrogen) atoms. The van der Waals surface area contributed by atoms with Crippen LogP contribution in [0.2, 0.25) is 0 Å². The summed E-state index contributed by atoms with van der Waals surface area (Å²) in [4.78, 5) is 12.3. The second-order valence-electron chi connectivity index (χ2n) is 5.21. The third-order valence-corrected chi connectivity index (χ3v) is 6.53. The molecule has 118 valence electrons. The molecule has 3 rings (SSSR count). The zero-order valence-electron chi connectivity index (χ0n) is 11.7. The van der Waals surface area contributed by atoms with Gasteiger partial charge in [-0.3, -0.25) is 0 Å². The monoisotopic (exact) mass is 328 g/mol. The molecule has 2 aromatic carbocycles. The molecule has 1 aliphatic rings. The maximum absolute atomic E-state index is 12.4. The van der Waals surface area contributed by atoms with Crippen molar-refractivity contribution in [1.82, 2.24) is 0 Å². The van der Waals surface area contributed by atoms with Gasteiger partial charge in [-0.05, 0) is 46.8 Å². The van der Waals surface area contributed by atoms with Gasteiger partial charge in [0.1, 0.15) is 5.75 Å². The molecule has 0 N–H and O–H groups in total. The van der Waals surface area contributed by atoms with Crippen LogP contribution in [-0.2, 0) is 4.79 Å². The number of rotatable bonds is 2. The summed E-state index contributed by atoms with van der Waals surface area (Å²) in [5, 5.41) is 1.45. The lowest BCUT2D eigenvalue weighted by Gasteiger charge is -2.19. The Bertz CT molecular complexity index is 706. The topological polar surface area (TPSA) is 26.3 Å². The fraction of sp³-hybridized carbons (Fsp3) is 0.312. The van der Waals surface area contributed by atoms with Crippen LogP contribution in [0, 0.1) is 0 Å². The molecule has 0 unspecified atom stereocenters. The molecule has 0 spiro atoms. The average molecular weight is 328 g/mol. The average Bonchev–Trinajstić information content (AvgIpc) is 3.00. The highest BCUT2D eigenvalue weighted by Crippen LogP contribution is 2.47. The molecule has 0 radical (unpaired) electrons. The van der Waals surface area contributed by atoms with Gasteiger partial charge in [-0.25, -0.2) is 15.7 Å². The van der Waals surface area contributed by atoms with E-state index in [0.717, 1.165) is 16.9 Å². The van der Waals surface area contributed by atoms with E-state index in [4.69, 9.17) is 0 Å². The van der Waals surface area contributed by atoms with Crippen LogP contribution in [0.4, 0.5) is 13.2 Å². The summed E-state index contributed by atoms with van der Waals surface area (Å²) in [5.41, 5.74) is 0. The first-order valence-electron chi connectivity index (χ1n) is 7.02. The minimum absolute atomic E-state index is 0.0316. The van der Waals surface area contributed by atoms with E-state index in [-0.39, 0.29) is 16.6 Å². The number of esters is 1. The van der Waals surface area contributed by atoms with Crippen LogP contribution in [0.25, 0.3) is 10.8 Å². The lowest BCUT2D eigenvalue weighted by Crippen LogP contribution is -2.28. The quantitative estimate of drug-likeness (QED) is 0.500. The lowest BCUT2D eigenvalue weighted by atomic mass is 10.1. The highest BCUT2D eigenvalue weighted by Gasteiger charge is 2.41. The third-order valence-electron chi connectivity index (χ3n) is 3.74. The molecule has 6 heteroatoms. The van der Waals surface area contributed by atoms with E-state index in [9.17, 15) is 18.0 Å². The molecule has 1 saturated heterocycles. The highest BCUT2D eigenvalue weighted by molar-refractivity contribution is 8.17. The van der Waals surface area contributed by atoms with Crippen LogP contribution >= 0.6 is 10.9 Å².